The summed E-state index contributed by atoms with van der Waals surface area (Å²) in [5, 5.41) is 15.6. The summed E-state index contributed by atoms with van der Waals surface area (Å²) < 4.78 is 2.13. The van der Waals surface area contributed by atoms with Crippen molar-refractivity contribution < 1.29 is 9.59 Å². The van der Waals surface area contributed by atoms with Crippen LogP contribution in [0.2, 0.25) is 10.0 Å². The van der Waals surface area contributed by atoms with E-state index >= 15 is 0 Å². The Balaban J connectivity index is 1.32. The van der Waals surface area contributed by atoms with Crippen LogP contribution < -0.4 is 10.6 Å². The predicted molar refractivity (Wildman–Crippen MR) is 130 cm³/mol. The summed E-state index contributed by atoms with van der Waals surface area (Å²) in [5.74, 6) is 1.39. The Morgan fingerprint density at radius 2 is 1.82 bits per heavy atom. The molecule has 0 saturated carbocycles. The maximum atomic E-state index is 12.4. The predicted octanol–water partition coefficient (Wildman–Crippen LogP) is 5.13. The number of aromatic nitrogens is 3. The molecule has 7 nitrogen and oxygen atoms in total. The van der Waals surface area contributed by atoms with Crippen LogP contribution in [0.4, 0.5) is 5.69 Å². The van der Waals surface area contributed by atoms with E-state index in [4.69, 9.17) is 23.2 Å². The number of anilines is 1. The first-order chi connectivity index (χ1) is 16.0. The van der Waals surface area contributed by atoms with Gasteiger partial charge in [0.25, 0.3) is 5.91 Å². The average molecular weight is 486 g/mol. The topological polar surface area (TPSA) is 88.9 Å². The second-order valence-electron chi connectivity index (χ2n) is 8.01. The first-order valence-electron chi connectivity index (χ1n) is 11.1. The van der Waals surface area contributed by atoms with Gasteiger partial charge in [0.2, 0.25) is 5.91 Å². The van der Waals surface area contributed by atoms with Crippen LogP contribution in [0.25, 0.3) is 11.4 Å². The van der Waals surface area contributed by atoms with Crippen LogP contribution in [0.1, 0.15) is 48.3 Å². The number of benzene rings is 2. The van der Waals surface area contributed by atoms with Crippen molar-refractivity contribution >= 4 is 40.7 Å². The Morgan fingerprint density at radius 3 is 2.64 bits per heavy atom. The number of amides is 2. The number of nitrogens with zero attached hydrogens (tertiary/aromatic N) is 3. The third kappa shape index (κ3) is 5.92. The molecule has 0 atom stereocenters. The standard InChI is InChI=1S/C24H25Cl2N5O2/c25-17-9-7-16(8-10-17)24(33)27-13-4-6-22(32)28-18-11-12-20(26)19(15-18)23-30-29-21-5-2-1-3-14-31(21)23/h7-12,15H,1-6,13-14H2,(H,27,33)(H,28,32). The van der Waals surface area contributed by atoms with Gasteiger partial charge >= 0.3 is 0 Å². The lowest BCUT2D eigenvalue weighted by molar-refractivity contribution is -0.116. The van der Waals surface area contributed by atoms with Gasteiger partial charge in [-0.15, -0.1) is 10.2 Å². The van der Waals surface area contributed by atoms with Gasteiger partial charge in [0.15, 0.2) is 5.82 Å². The van der Waals surface area contributed by atoms with E-state index in [-0.39, 0.29) is 18.2 Å². The second kappa shape index (κ2) is 10.8. The number of hydrogen-bond donors (Lipinski definition) is 2. The maximum Gasteiger partial charge on any atom is 0.251 e. The second-order valence-corrected chi connectivity index (χ2v) is 8.85. The average Bonchev–Trinajstić information content (AvgIpc) is 3.05. The van der Waals surface area contributed by atoms with Crippen molar-refractivity contribution in [2.45, 2.75) is 45.1 Å². The zero-order valence-corrected chi connectivity index (χ0v) is 19.6. The van der Waals surface area contributed by atoms with E-state index in [0.717, 1.165) is 43.0 Å². The molecular weight excluding hydrogens is 461 g/mol. The smallest absolute Gasteiger partial charge is 0.251 e. The molecule has 1 aromatic heterocycles. The monoisotopic (exact) mass is 485 g/mol. The SMILES string of the molecule is O=C(CCCNC(=O)c1ccc(Cl)cc1)Nc1ccc(Cl)c(-c2nnc3n2CCCCC3)c1. The summed E-state index contributed by atoms with van der Waals surface area (Å²) in [5.41, 5.74) is 1.94. The lowest BCUT2D eigenvalue weighted by atomic mass is 10.1. The molecule has 3 aromatic rings. The highest BCUT2D eigenvalue weighted by atomic mass is 35.5. The fourth-order valence-electron chi connectivity index (χ4n) is 3.84. The van der Waals surface area contributed by atoms with Gasteiger partial charge in [-0.25, -0.2) is 0 Å². The van der Waals surface area contributed by atoms with Crippen molar-refractivity contribution in [2.24, 2.45) is 0 Å². The third-order valence-corrected chi connectivity index (χ3v) is 6.15. The van der Waals surface area contributed by atoms with Gasteiger partial charge in [-0.3, -0.25) is 9.59 Å². The quantitative estimate of drug-likeness (QED) is 0.454. The van der Waals surface area contributed by atoms with Gasteiger partial charge in [0, 0.05) is 47.8 Å². The Kier molecular flexibility index (Phi) is 7.62. The van der Waals surface area contributed by atoms with E-state index in [0.29, 0.717) is 34.3 Å². The molecule has 0 radical (unpaired) electrons. The Hall–Kier alpha value is -2.90. The molecule has 9 heteroatoms. The van der Waals surface area contributed by atoms with Crippen LogP contribution in [0.3, 0.4) is 0 Å². The first-order valence-corrected chi connectivity index (χ1v) is 11.8. The van der Waals surface area contributed by atoms with Gasteiger partial charge < -0.3 is 15.2 Å². The highest BCUT2D eigenvalue weighted by molar-refractivity contribution is 6.33. The molecule has 33 heavy (non-hydrogen) atoms. The summed E-state index contributed by atoms with van der Waals surface area (Å²) in [4.78, 5) is 24.5. The van der Waals surface area contributed by atoms with Crippen LogP contribution in [0.5, 0.6) is 0 Å². The van der Waals surface area contributed by atoms with Crippen molar-refractivity contribution in [1.82, 2.24) is 20.1 Å². The van der Waals surface area contributed by atoms with Crippen LogP contribution in [0, 0.1) is 0 Å². The van der Waals surface area contributed by atoms with Crippen molar-refractivity contribution in [3.63, 3.8) is 0 Å². The number of nitrogens with one attached hydrogen (secondary N) is 2. The maximum absolute atomic E-state index is 12.4. The summed E-state index contributed by atoms with van der Waals surface area (Å²) in [6.07, 6.45) is 5.08. The molecule has 1 aliphatic rings. The number of hydrogen-bond acceptors (Lipinski definition) is 4. The minimum atomic E-state index is -0.193. The lowest BCUT2D eigenvalue weighted by Gasteiger charge is -2.11. The molecule has 4 rings (SSSR count). The number of halogens is 2. The van der Waals surface area contributed by atoms with E-state index in [1.165, 1.54) is 6.42 Å². The van der Waals surface area contributed by atoms with Crippen molar-refractivity contribution in [3.05, 3.63) is 63.9 Å². The molecule has 0 spiro atoms. The zero-order chi connectivity index (χ0) is 23.2. The van der Waals surface area contributed by atoms with Gasteiger partial charge in [0.05, 0.1) is 5.02 Å². The number of aryl methyl sites for hydroxylation is 1. The zero-order valence-electron chi connectivity index (χ0n) is 18.1. The largest absolute Gasteiger partial charge is 0.352 e. The summed E-state index contributed by atoms with van der Waals surface area (Å²) in [6.45, 7) is 1.26. The Morgan fingerprint density at radius 1 is 1.00 bits per heavy atom. The molecule has 2 aromatic carbocycles. The van der Waals surface area contributed by atoms with Crippen LogP contribution >= 0.6 is 23.2 Å². The Bertz CT molecular complexity index is 1140. The molecule has 0 saturated heterocycles. The normalized spacial score (nSPS) is 13.2. The third-order valence-electron chi connectivity index (χ3n) is 5.57. The molecule has 0 fully saturated rings. The highest BCUT2D eigenvalue weighted by Crippen LogP contribution is 2.31. The number of rotatable bonds is 7. The summed E-state index contributed by atoms with van der Waals surface area (Å²) in [6, 6.07) is 12.0. The minimum absolute atomic E-state index is 0.135. The van der Waals surface area contributed by atoms with Crippen molar-refractivity contribution in [2.75, 3.05) is 11.9 Å². The van der Waals surface area contributed by atoms with Crippen molar-refractivity contribution in [3.8, 4) is 11.4 Å². The highest BCUT2D eigenvalue weighted by Gasteiger charge is 2.18. The van der Waals surface area contributed by atoms with Crippen LogP contribution in [-0.4, -0.2) is 33.1 Å². The number of carbonyl (C=O) groups excluding carboxylic acids is 2. The van der Waals surface area contributed by atoms with E-state index in [1.807, 2.05) is 6.07 Å². The number of carbonyl (C=O) groups is 2. The van der Waals surface area contributed by atoms with Gasteiger partial charge in [0.1, 0.15) is 5.82 Å². The molecule has 0 unspecified atom stereocenters. The van der Waals surface area contributed by atoms with Gasteiger partial charge in [-0.1, -0.05) is 29.6 Å². The first kappa shape index (κ1) is 23.3. The van der Waals surface area contributed by atoms with E-state index in [2.05, 4.69) is 25.4 Å². The fourth-order valence-corrected chi connectivity index (χ4v) is 4.16. The van der Waals surface area contributed by atoms with Crippen molar-refractivity contribution in [1.29, 1.82) is 0 Å². The van der Waals surface area contributed by atoms with E-state index in [1.54, 1.807) is 36.4 Å². The number of fused-ring (bicyclic) bond motifs is 1. The summed E-state index contributed by atoms with van der Waals surface area (Å²) >= 11 is 12.3. The lowest BCUT2D eigenvalue weighted by Crippen LogP contribution is -2.25. The molecule has 2 heterocycles. The summed E-state index contributed by atoms with van der Waals surface area (Å²) in [7, 11) is 0. The van der Waals surface area contributed by atoms with Gasteiger partial charge in [-0.05, 0) is 61.7 Å². The Labute approximate surface area is 202 Å². The van der Waals surface area contributed by atoms with E-state index in [9.17, 15) is 9.59 Å². The molecule has 2 N–H and O–H groups in total. The molecule has 1 aliphatic heterocycles. The van der Waals surface area contributed by atoms with E-state index < -0.39 is 0 Å². The molecule has 0 aliphatic carbocycles. The molecular formula is C24H25Cl2N5O2. The van der Waals surface area contributed by atoms with Crippen LogP contribution in [0.15, 0.2) is 42.5 Å². The molecule has 0 bridgehead atoms. The van der Waals surface area contributed by atoms with Crippen LogP contribution in [-0.2, 0) is 17.8 Å². The molecule has 172 valence electrons. The fraction of sp³-hybridized carbons (Fsp3) is 0.333. The van der Waals surface area contributed by atoms with Gasteiger partial charge in [-0.2, -0.15) is 0 Å². The minimum Gasteiger partial charge on any atom is -0.352 e. The molecule has 2 amide bonds.